The summed E-state index contributed by atoms with van der Waals surface area (Å²) in [6.45, 7) is -0.0221. The number of carbonyl (C=O) groups excluding carboxylic acids is 1. The molecule has 2 N–H and O–H groups in total. The van der Waals surface area contributed by atoms with Crippen LogP contribution in [0.2, 0.25) is 0 Å². The summed E-state index contributed by atoms with van der Waals surface area (Å²) < 4.78 is 134. The number of carbonyl (C=O) groups is 1. The molecule has 4 rings (SSSR count). The van der Waals surface area contributed by atoms with E-state index in [4.69, 9.17) is 0 Å². The first kappa shape index (κ1) is 30.8. The van der Waals surface area contributed by atoms with Crippen molar-refractivity contribution in [2.45, 2.75) is 37.9 Å². The van der Waals surface area contributed by atoms with Gasteiger partial charge in [0.05, 0.1) is 16.7 Å². The predicted molar refractivity (Wildman–Crippen MR) is 128 cm³/mol. The number of alkyl halides is 9. The first-order chi connectivity index (χ1) is 19.4. The molecule has 0 radical (unpaired) electrons. The lowest BCUT2D eigenvalue weighted by Gasteiger charge is -2.33. The van der Waals surface area contributed by atoms with Gasteiger partial charge in [-0.3, -0.25) is 9.59 Å². The summed E-state index contributed by atoms with van der Waals surface area (Å²) in [6, 6.07) is 5.61. The van der Waals surface area contributed by atoms with E-state index in [1.54, 1.807) is 9.88 Å². The van der Waals surface area contributed by atoms with Crippen LogP contribution in [0.25, 0.3) is 11.4 Å². The molecular formula is C26H20F10N4O2. The minimum absolute atomic E-state index is 0.0155. The van der Waals surface area contributed by atoms with Crippen molar-refractivity contribution in [3.8, 4) is 11.4 Å². The molecule has 16 heteroatoms. The van der Waals surface area contributed by atoms with Crippen LogP contribution in [-0.4, -0.2) is 29.0 Å². The highest BCUT2D eigenvalue weighted by Crippen LogP contribution is 2.39. The van der Waals surface area contributed by atoms with Crippen LogP contribution in [0.1, 0.15) is 35.2 Å². The Morgan fingerprint density at radius 3 is 2.07 bits per heavy atom. The number of anilines is 1. The van der Waals surface area contributed by atoms with Gasteiger partial charge in [-0.05, 0) is 43.2 Å². The summed E-state index contributed by atoms with van der Waals surface area (Å²) in [5.41, 5.74) is -7.18. The zero-order valence-corrected chi connectivity index (χ0v) is 21.1. The zero-order chi connectivity index (χ0) is 31.0. The maximum Gasteiger partial charge on any atom is 0.433 e. The summed E-state index contributed by atoms with van der Waals surface area (Å²) in [6.07, 6.45) is -14.4. The van der Waals surface area contributed by atoms with Crippen molar-refractivity contribution in [3.05, 3.63) is 81.0 Å². The van der Waals surface area contributed by atoms with Crippen LogP contribution in [0.4, 0.5) is 49.6 Å². The number of halogens is 10. The zero-order valence-electron chi connectivity index (χ0n) is 21.1. The maximum absolute atomic E-state index is 15.4. The largest absolute Gasteiger partial charge is 0.433 e. The molecule has 1 fully saturated rings. The van der Waals surface area contributed by atoms with E-state index in [0.717, 1.165) is 12.1 Å². The van der Waals surface area contributed by atoms with E-state index in [2.05, 4.69) is 10.3 Å². The van der Waals surface area contributed by atoms with Gasteiger partial charge in [0, 0.05) is 42.9 Å². The normalized spacial score (nSPS) is 15.1. The van der Waals surface area contributed by atoms with E-state index in [1.807, 2.05) is 0 Å². The van der Waals surface area contributed by atoms with Gasteiger partial charge in [-0.2, -0.15) is 39.5 Å². The predicted octanol–water partition coefficient (Wildman–Crippen LogP) is 6.17. The van der Waals surface area contributed by atoms with Crippen LogP contribution < -0.4 is 15.8 Å². The number of aromatic nitrogens is 2. The molecule has 2 heterocycles. The number of nitrogens with zero attached hydrogens (tertiary/aromatic N) is 2. The second-order valence-electron chi connectivity index (χ2n) is 9.46. The minimum atomic E-state index is -5.23. The molecule has 3 aromatic rings. The van der Waals surface area contributed by atoms with Gasteiger partial charge in [0.25, 0.3) is 5.56 Å². The van der Waals surface area contributed by atoms with Gasteiger partial charge in [-0.1, -0.05) is 6.07 Å². The molecule has 226 valence electrons. The van der Waals surface area contributed by atoms with Crippen molar-refractivity contribution >= 4 is 11.6 Å². The van der Waals surface area contributed by atoms with Crippen LogP contribution in [0.3, 0.4) is 0 Å². The van der Waals surface area contributed by atoms with Gasteiger partial charge in [0.2, 0.25) is 5.91 Å². The molecule has 2 aromatic carbocycles. The standard InChI is InChI=1S/C26H20F10N4O2/c27-21-14(1-6-17(25(31,32)33)20(21)22-38-18(26(34,35)36)11-19(41)39-22)12-37-23(42)13-7-9-40(10-8-13)16-4-2-15(3-5-16)24(28,29)30/h1-6,11,13H,7-10,12H2,(H,37,42)(H,38,39,41). The summed E-state index contributed by atoms with van der Waals surface area (Å²) in [7, 11) is 0. The second kappa shape index (κ2) is 11.3. The molecular weight excluding hydrogens is 590 g/mol. The second-order valence-corrected chi connectivity index (χ2v) is 9.46. The Balaban J connectivity index is 1.49. The number of aromatic amines is 1. The lowest BCUT2D eigenvalue weighted by Crippen LogP contribution is -2.40. The van der Waals surface area contributed by atoms with Gasteiger partial charge >= 0.3 is 18.5 Å². The van der Waals surface area contributed by atoms with E-state index in [0.29, 0.717) is 30.9 Å². The van der Waals surface area contributed by atoms with Crippen molar-refractivity contribution < 1.29 is 48.7 Å². The summed E-state index contributed by atoms with van der Waals surface area (Å²) in [5.74, 6) is -4.10. The van der Waals surface area contributed by atoms with Crippen LogP contribution >= 0.6 is 0 Å². The van der Waals surface area contributed by atoms with E-state index in [-0.39, 0.29) is 18.9 Å². The van der Waals surface area contributed by atoms with Gasteiger partial charge in [-0.15, -0.1) is 0 Å². The molecule has 0 atom stereocenters. The Labute approximate surface area is 230 Å². The fourth-order valence-corrected chi connectivity index (χ4v) is 4.53. The SMILES string of the molecule is O=C(NCc1ccc(C(F)(F)F)c(-c2nc(C(F)(F)F)cc(=O)[nH]2)c1F)C1CCN(c2ccc(C(F)(F)F)cc2)CC1. The summed E-state index contributed by atoms with van der Waals surface area (Å²) >= 11 is 0. The van der Waals surface area contributed by atoms with E-state index < -0.39 is 82.0 Å². The molecule has 0 unspecified atom stereocenters. The molecule has 0 saturated carbocycles. The first-order valence-electron chi connectivity index (χ1n) is 12.2. The fraction of sp³-hybridized carbons (Fsp3) is 0.346. The number of benzene rings is 2. The number of hydrogen-bond acceptors (Lipinski definition) is 4. The lowest BCUT2D eigenvalue weighted by atomic mass is 9.95. The van der Waals surface area contributed by atoms with Gasteiger partial charge in [0.15, 0.2) is 5.69 Å². The highest BCUT2D eigenvalue weighted by molar-refractivity contribution is 5.79. The third-order valence-electron chi connectivity index (χ3n) is 6.67. The van der Waals surface area contributed by atoms with E-state index >= 15 is 4.39 Å². The molecule has 1 aliphatic heterocycles. The van der Waals surface area contributed by atoms with Crippen molar-refractivity contribution in [2.75, 3.05) is 18.0 Å². The molecule has 1 aromatic heterocycles. The Morgan fingerprint density at radius 2 is 1.52 bits per heavy atom. The van der Waals surface area contributed by atoms with Crippen LogP contribution in [0.5, 0.6) is 0 Å². The fourth-order valence-electron chi connectivity index (χ4n) is 4.53. The molecule has 6 nitrogen and oxygen atoms in total. The number of piperidine rings is 1. The van der Waals surface area contributed by atoms with Crippen LogP contribution in [0, 0.1) is 11.7 Å². The van der Waals surface area contributed by atoms with Gasteiger partial charge in [-0.25, -0.2) is 9.37 Å². The summed E-state index contributed by atoms with van der Waals surface area (Å²) in [5, 5.41) is 2.40. The molecule has 1 saturated heterocycles. The first-order valence-corrected chi connectivity index (χ1v) is 12.2. The Bertz CT molecular complexity index is 1500. The molecule has 1 aliphatic rings. The van der Waals surface area contributed by atoms with E-state index in [9.17, 15) is 49.1 Å². The number of hydrogen-bond donors (Lipinski definition) is 2. The van der Waals surface area contributed by atoms with Crippen molar-refractivity contribution in [2.24, 2.45) is 5.92 Å². The third kappa shape index (κ3) is 6.85. The topological polar surface area (TPSA) is 78.1 Å². The average Bonchev–Trinajstić information content (AvgIpc) is 2.90. The molecule has 0 aliphatic carbocycles. The van der Waals surface area contributed by atoms with E-state index in [1.165, 1.54) is 12.1 Å². The highest BCUT2D eigenvalue weighted by Gasteiger charge is 2.39. The van der Waals surface area contributed by atoms with Crippen molar-refractivity contribution in [3.63, 3.8) is 0 Å². The Morgan fingerprint density at radius 1 is 0.905 bits per heavy atom. The lowest BCUT2D eigenvalue weighted by molar-refractivity contribution is -0.141. The number of nitrogens with one attached hydrogen (secondary N) is 2. The van der Waals surface area contributed by atoms with Crippen LogP contribution in [-0.2, 0) is 29.9 Å². The molecule has 0 bridgehead atoms. The van der Waals surface area contributed by atoms with Crippen LogP contribution in [0.15, 0.2) is 47.3 Å². The van der Waals surface area contributed by atoms with Crippen molar-refractivity contribution in [1.82, 2.24) is 15.3 Å². The number of amides is 1. The van der Waals surface area contributed by atoms with Gasteiger partial charge < -0.3 is 15.2 Å². The quantitative estimate of drug-likeness (QED) is 0.339. The Hall–Kier alpha value is -4.11. The summed E-state index contributed by atoms with van der Waals surface area (Å²) in [4.78, 5) is 30.9. The minimum Gasteiger partial charge on any atom is -0.371 e. The molecule has 42 heavy (non-hydrogen) atoms. The maximum atomic E-state index is 15.4. The van der Waals surface area contributed by atoms with Crippen molar-refractivity contribution in [1.29, 1.82) is 0 Å². The molecule has 0 spiro atoms. The highest BCUT2D eigenvalue weighted by atomic mass is 19.4. The molecule has 1 amide bonds. The number of H-pyrrole nitrogens is 1. The number of rotatable bonds is 5. The smallest absolute Gasteiger partial charge is 0.371 e. The third-order valence-corrected chi connectivity index (χ3v) is 6.67. The monoisotopic (exact) mass is 610 g/mol. The Kier molecular flexibility index (Phi) is 8.29. The average molecular weight is 610 g/mol. The van der Waals surface area contributed by atoms with Gasteiger partial charge in [0.1, 0.15) is 11.6 Å².